The molecule has 2 aliphatic carbocycles. The predicted octanol–water partition coefficient (Wildman–Crippen LogP) is 3.05. The minimum atomic E-state index is 0.222. The Morgan fingerprint density at radius 3 is 2.69 bits per heavy atom. The molecular formula is C12H15NOS2. The Hall–Kier alpha value is -0.480. The Balaban J connectivity index is 1.74. The van der Waals surface area contributed by atoms with Crippen LogP contribution in [0.25, 0.3) is 0 Å². The fourth-order valence-corrected chi connectivity index (χ4v) is 3.05. The van der Waals surface area contributed by atoms with Gasteiger partial charge in [0.2, 0.25) is 0 Å². The lowest BCUT2D eigenvalue weighted by atomic mass is 10.3. The Morgan fingerprint density at radius 2 is 2.19 bits per heavy atom. The van der Waals surface area contributed by atoms with Crippen LogP contribution in [0.3, 0.4) is 0 Å². The van der Waals surface area contributed by atoms with Gasteiger partial charge in [0.05, 0.1) is 4.88 Å². The zero-order chi connectivity index (χ0) is 11.1. The molecular weight excluding hydrogens is 238 g/mol. The van der Waals surface area contributed by atoms with Gasteiger partial charge in [-0.3, -0.25) is 4.79 Å². The van der Waals surface area contributed by atoms with E-state index >= 15 is 0 Å². The molecule has 0 saturated heterocycles. The first kappa shape index (κ1) is 10.7. The van der Waals surface area contributed by atoms with Gasteiger partial charge in [-0.25, -0.2) is 0 Å². The third kappa shape index (κ3) is 2.28. The van der Waals surface area contributed by atoms with Crippen LogP contribution in [-0.4, -0.2) is 23.4 Å². The summed E-state index contributed by atoms with van der Waals surface area (Å²) in [6, 6.07) is 2.41. The van der Waals surface area contributed by atoms with Crippen molar-refractivity contribution in [3.05, 3.63) is 16.3 Å². The van der Waals surface area contributed by atoms with Gasteiger partial charge in [0.1, 0.15) is 0 Å². The second-order valence-corrected chi connectivity index (χ2v) is 6.23. The minimum absolute atomic E-state index is 0.222. The molecule has 1 aromatic rings. The van der Waals surface area contributed by atoms with Crippen LogP contribution in [0.2, 0.25) is 0 Å². The zero-order valence-electron chi connectivity index (χ0n) is 9.06. The molecule has 0 aliphatic heterocycles. The van der Waals surface area contributed by atoms with E-state index in [1.54, 1.807) is 0 Å². The third-order valence-electron chi connectivity index (χ3n) is 3.20. The van der Waals surface area contributed by atoms with Crippen LogP contribution in [0, 0.1) is 5.92 Å². The van der Waals surface area contributed by atoms with Crippen molar-refractivity contribution in [1.29, 1.82) is 0 Å². The second-order valence-electron chi connectivity index (χ2n) is 4.80. The summed E-state index contributed by atoms with van der Waals surface area (Å²) in [5.74, 6) is 1.000. The van der Waals surface area contributed by atoms with Crippen LogP contribution in [0.4, 0.5) is 0 Å². The first-order valence-corrected chi connectivity index (χ1v) is 7.15. The molecule has 0 radical (unpaired) electrons. The molecule has 0 atom stereocenters. The van der Waals surface area contributed by atoms with E-state index < -0.39 is 0 Å². The molecule has 16 heavy (non-hydrogen) atoms. The van der Waals surface area contributed by atoms with Crippen molar-refractivity contribution in [3.63, 3.8) is 0 Å². The molecule has 4 heteroatoms. The maximum Gasteiger partial charge on any atom is 0.264 e. The summed E-state index contributed by atoms with van der Waals surface area (Å²) in [5, 5.41) is 1.93. The highest BCUT2D eigenvalue weighted by Gasteiger charge is 2.37. The molecule has 3 rings (SSSR count). The van der Waals surface area contributed by atoms with Gasteiger partial charge in [0.25, 0.3) is 5.91 Å². The Bertz CT molecular complexity index is 407. The maximum atomic E-state index is 12.3. The lowest BCUT2D eigenvalue weighted by Gasteiger charge is -2.21. The highest BCUT2D eigenvalue weighted by atomic mass is 32.1. The van der Waals surface area contributed by atoms with Crippen LogP contribution in [-0.2, 0) is 0 Å². The molecule has 1 aromatic heterocycles. The van der Waals surface area contributed by atoms with E-state index in [2.05, 4.69) is 17.5 Å². The fraction of sp³-hybridized carbons (Fsp3) is 0.583. The normalized spacial score (nSPS) is 19.8. The van der Waals surface area contributed by atoms with Gasteiger partial charge in [-0.1, -0.05) is 0 Å². The molecule has 1 amide bonds. The standard InChI is InChI=1S/C12H15NOS2/c14-12(11-5-10(15)7-16-11)13(9-3-4-9)6-8-1-2-8/h5,7-9,15H,1-4,6H2. The van der Waals surface area contributed by atoms with Crippen LogP contribution in [0.15, 0.2) is 16.3 Å². The van der Waals surface area contributed by atoms with Crippen LogP contribution >= 0.6 is 24.0 Å². The highest BCUT2D eigenvalue weighted by molar-refractivity contribution is 7.80. The largest absolute Gasteiger partial charge is 0.335 e. The fourth-order valence-electron chi connectivity index (χ4n) is 1.94. The summed E-state index contributed by atoms with van der Waals surface area (Å²) in [5.41, 5.74) is 0. The number of rotatable bonds is 4. The lowest BCUT2D eigenvalue weighted by Crippen LogP contribution is -2.34. The second kappa shape index (κ2) is 4.08. The van der Waals surface area contributed by atoms with Gasteiger partial charge in [-0.15, -0.1) is 24.0 Å². The topological polar surface area (TPSA) is 20.3 Å². The summed E-state index contributed by atoms with van der Waals surface area (Å²) in [7, 11) is 0. The lowest BCUT2D eigenvalue weighted by molar-refractivity contribution is 0.0739. The van der Waals surface area contributed by atoms with E-state index in [-0.39, 0.29) is 5.91 Å². The summed E-state index contributed by atoms with van der Waals surface area (Å²) in [6.45, 7) is 0.976. The number of thiol groups is 1. The minimum Gasteiger partial charge on any atom is -0.335 e. The van der Waals surface area contributed by atoms with Gasteiger partial charge in [-0.2, -0.15) is 0 Å². The average molecular weight is 253 g/mol. The van der Waals surface area contributed by atoms with Gasteiger partial charge in [0, 0.05) is 22.9 Å². The number of thiophene rings is 1. The van der Waals surface area contributed by atoms with Gasteiger partial charge in [0.15, 0.2) is 0 Å². The van der Waals surface area contributed by atoms with Crippen LogP contribution in [0.5, 0.6) is 0 Å². The molecule has 86 valence electrons. The SMILES string of the molecule is O=C(c1cc(S)cs1)N(CC1CC1)C1CC1. The molecule has 1 heterocycles. The van der Waals surface area contributed by atoms with E-state index in [0.29, 0.717) is 6.04 Å². The van der Waals surface area contributed by atoms with E-state index in [4.69, 9.17) is 0 Å². The summed E-state index contributed by atoms with van der Waals surface area (Å²) >= 11 is 5.77. The Morgan fingerprint density at radius 1 is 1.44 bits per heavy atom. The Labute approximate surface area is 105 Å². The van der Waals surface area contributed by atoms with E-state index in [9.17, 15) is 4.79 Å². The van der Waals surface area contributed by atoms with Crippen molar-refractivity contribution in [2.75, 3.05) is 6.54 Å². The maximum absolute atomic E-state index is 12.3. The van der Waals surface area contributed by atoms with Crippen molar-refractivity contribution in [2.24, 2.45) is 5.92 Å². The van der Waals surface area contributed by atoms with Crippen molar-refractivity contribution < 1.29 is 4.79 Å². The van der Waals surface area contributed by atoms with Crippen molar-refractivity contribution >= 4 is 29.9 Å². The summed E-state index contributed by atoms with van der Waals surface area (Å²) in [4.78, 5) is 16.1. The average Bonchev–Trinajstić information content (AvgIpc) is 3.15. The monoisotopic (exact) mass is 253 g/mol. The number of carbonyl (C=O) groups is 1. The molecule has 0 unspecified atom stereocenters. The first-order chi connectivity index (χ1) is 7.74. The van der Waals surface area contributed by atoms with Gasteiger partial charge < -0.3 is 4.90 Å². The summed E-state index contributed by atoms with van der Waals surface area (Å²) < 4.78 is 0. The molecule has 0 spiro atoms. The van der Waals surface area contributed by atoms with E-state index in [1.165, 1.54) is 37.0 Å². The van der Waals surface area contributed by atoms with Gasteiger partial charge in [-0.05, 0) is 37.7 Å². The first-order valence-electron chi connectivity index (χ1n) is 5.82. The predicted molar refractivity (Wildman–Crippen MR) is 68.4 cm³/mol. The number of nitrogens with zero attached hydrogens (tertiary/aromatic N) is 1. The highest BCUT2D eigenvalue weighted by Crippen LogP contribution is 2.36. The smallest absolute Gasteiger partial charge is 0.264 e. The van der Waals surface area contributed by atoms with Crippen LogP contribution < -0.4 is 0 Å². The summed E-state index contributed by atoms with van der Waals surface area (Å²) in [6.07, 6.45) is 4.99. The van der Waals surface area contributed by atoms with Gasteiger partial charge >= 0.3 is 0 Å². The van der Waals surface area contributed by atoms with Crippen molar-refractivity contribution in [2.45, 2.75) is 36.6 Å². The molecule has 2 nitrogen and oxygen atoms in total. The number of hydrogen-bond acceptors (Lipinski definition) is 3. The molecule has 0 bridgehead atoms. The molecule has 2 aliphatic rings. The van der Waals surface area contributed by atoms with Crippen molar-refractivity contribution in [3.8, 4) is 0 Å². The number of carbonyl (C=O) groups excluding carboxylic acids is 1. The van der Waals surface area contributed by atoms with Crippen LogP contribution in [0.1, 0.15) is 35.4 Å². The third-order valence-corrected chi connectivity index (χ3v) is 4.55. The molecule has 2 fully saturated rings. The van der Waals surface area contributed by atoms with E-state index in [1.807, 2.05) is 11.4 Å². The molecule has 0 N–H and O–H groups in total. The van der Waals surface area contributed by atoms with Crippen molar-refractivity contribution in [1.82, 2.24) is 4.90 Å². The van der Waals surface area contributed by atoms with E-state index in [0.717, 1.165) is 22.2 Å². The Kier molecular flexibility index (Phi) is 2.72. The molecule has 2 saturated carbocycles. The molecule has 0 aromatic carbocycles. The quantitative estimate of drug-likeness (QED) is 0.818. The number of hydrogen-bond donors (Lipinski definition) is 1. The zero-order valence-corrected chi connectivity index (χ0v) is 10.8. The number of amides is 1.